The number of methoxy groups -OCH3 is 1. The number of ether oxygens (including phenoxy) is 1. The summed E-state index contributed by atoms with van der Waals surface area (Å²) in [5.41, 5.74) is 0.396. The highest BCUT2D eigenvalue weighted by Gasteiger charge is 2.52. The molecule has 0 radical (unpaired) electrons. The van der Waals surface area contributed by atoms with Crippen LogP contribution < -0.4 is 5.32 Å². The summed E-state index contributed by atoms with van der Waals surface area (Å²) in [5.74, 6) is -0.367. The first-order chi connectivity index (χ1) is 11.9. The molecule has 136 valence electrons. The fourth-order valence-corrected chi connectivity index (χ4v) is 4.27. The highest BCUT2D eigenvalue weighted by Crippen LogP contribution is 2.45. The number of rotatable bonds is 3. The summed E-state index contributed by atoms with van der Waals surface area (Å²) in [7, 11) is 1.50. The van der Waals surface area contributed by atoms with Gasteiger partial charge in [-0.1, -0.05) is 18.6 Å². The molecular weight excluding hydrogens is 323 g/mol. The van der Waals surface area contributed by atoms with Crippen molar-refractivity contribution in [3.05, 3.63) is 35.6 Å². The van der Waals surface area contributed by atoms with Crippen molar-refractivity contribution in [2.24, 2.45) is 0 Å². The number of fused-ring (bicyclic) bond motifs is 1. The third-order valence-corrected chi connectivity index (χ3v) is 5.39. The molecule has 1 N–H and O–H groups in total. The van der Waals surface area contributed by atoms with Gasteiger partial charge in [0, 0.05) is 13.5 Å². The highest BCUT2D eigenvalue weighted by atomic mass is 19.1. The first-order valence-electron chi connectivity index (χ1n) is 8.81. The standard InChI is InChI=1S/C19H25FN2O3/c1-19-11-15(13-7-9-14(20)10-8-13)22(18(24)12-25-2)16(19)5-3-4-6-17(23)21-19/h7-10,15-16H,3-6,11-12H2,1-2H3,(H,21,23)/t15-,16-,19-/m0/s1. The number of amides is 2. The molecule has 0 unspecified atom stereocenters. The lowest BCUT2D eigenvalue weighted by Crippen LogP contribution is -2.56. The molecule has 2 amide bonds. The Balaban J connectivity index is 1.99. The lowest BCUT2D eigenvalue weighted by molar-refractivity contribution is -0.139. The Morgan fingerprint density at radius 3 is 2.76 bits per heavy atom. The average Bonchev–Trinajstić information content (AvgIpc) is 2.83. The van der Waals surface area contributed by atoms with Crippen molar-refractivity contribution < 1.29 is 18.7 Å². The minimum Gasteiger partial charge on any atom is -0.375 e. The zero-order valence-corrected chi connectivity index (χ0v) is 14.8. The second kappa shape index (κ2) is 7.12. The van der Waals surface area contributed by atoms with Crippen molar-refractivity contribution in [2.75, 3.05) is 13.7 Å². The topological polar surface area (TPSA) is 58.6 Å². The SMILES string of the molecule is COCC(=O)N1[C@H]2CCCCC(=O)N[C@@]2(C)C[C@H]1c1ccc(F)cc1. The summed E-state index contributed by atoms with van der Waals surface area (Å²) in [5, 5.41) is 3.15. The van der Waals surface area contributed by atoms with Gasteiger partial charge in [-0.3, -0.25) is 9.59 Å². The molecule has 1 aromatic rings. The number of nitrogens with one attached hydrogen (secondary N) is 1. The monoisotopic (exact) mass is 348 g/mol. The smallest absolute Gasteiger partial charge is 0.249 e. The van der Waals surface area contributed by atoms with E-state index in [1.165, 1.54) is 19.2 Å². The molecule has 25 heavy (non-hydrogen) atoms. The molecule has 5 nitrogen and oxygen atoms in total. The second-order valence-electron chi connectivity index (χ2n) is 7.23. The second-order valence-corrected chi connectivity index (χ2v) is 7.23. The Hall–Kier alpha value is -1.95. The Bertz CT molecular complexity index is 649. The van der Waals surface area contributed by atoms with Gasteiger partial charge < -0.3 is 15.0 Å². The number of hydrogen-bond donors (Lipinski definition) is 1. The molecule has 2 fully saturated rings. The highest BCUT2D eigenvalue weighted by molar-refractivity contribution is 5.80. The lowest BCUT2D eigenvalue weighted by atomic mass is 9.85. The normalized spacial score (nSPS) is 29.6. The van der Waals surface area contributed by atoms with Crippen LogP contribution in [0.3, 0.4) is 0 Å². The quantitative estimate of drug-likeness (QED) is 0.913. The molecule has 0 spiro atoms. The maximum atomic E-state index is 13.3. The molecular formula is C19H25FN2O3. The van der Waals surface area contributed by atoms with Crippen molar-refractivity contribution in [2.45, 2.75) is 56.7 Å². The molecule has 6 heteroatoms. The molecule has 0 saturated carbocycles. The van der Waals surface area contributed by atoms with E-state index < -0.39 is 5.54 Å². The Morgan fingerprint density at radius 2 is 2.08 bits per heavy atom. The van der Waals surface area contributed by atoms with E-state index in [2.05, 4.69) is 5.32 Å². The van der Waals surface area contributed by atoms with Crippen molar-refractivity contribution in [3.63, 3.8) is 0 Å². The fourth-order valence-electron chi connectivity index (χ4n) is 4.27. The van der Waals surface area contributed by atoms with Gasteiger partial charge in [-0.15, -0.1) is 0 Å². The van der Waals surface area contributed by atoms with Crippen LogP contribution in [0.5, 0.6) is 0 Å². The number of halogens is 1. The van der Waals surface area contributed by atoms with Crippen LogP contribution in [0.25, 0.3) is 0 Å². The van der Waals surface area contributed by atoms with E-state index in [0.717, 1.165) is 24.8 Å². The van der Waals surface area contributed by atoms with Gasteiger partial charge in [0.2, 0.25) is 11.8 Å². The summed E-state index contributed by atoms with van der Waals surface area (Å²) in [6.07, 6.45) is 3.70. The Labute approximate surface area is 147 Å². The van der Waals surface area contributed by atoms with E-state index in [4.69, 9.17) is 4.74 Å². The minimum atomic E-state index is -0.486. The van der Waals surface area contributed by atoms with Crippen LogP contribution in [0.2, 0.25) is 0 Å². The maximum absolute atomic E-state index is 13.3. The number of carbonyl (C=O) groups is 2. The van der Waals surface area contributed by atoms with Crippen LogP contribution in [0.4, 0.5) is 4.39 Å². The van der Waals surface area contributed by atoms with Crippen LogP contribution in [-0.4, -0.2) is 42.0 Å². The van der Waals surface area contributed by atoms with Gasteiger partial charge in [-0.25, -0.2) is 4.39 Å². The zero-order chi connectivity index (χ0) is 18.0. The number of carbonyl (C=O) groups excluding carboxylic acids is 2. The molecule has 1 aromatic carbocycles. The molecule has 2 saturated heterocycles. The molecule has 2 aliphatic rings. The lowest BCUT2D eigenvalue weighted by Gasteiger charge is -2.38. The van der Waals surface area contributed by atoms with Crippen molar-refractivity contribution in [1.82, 2.24) is 10.2 Å². The van der Waals surface area contributed by atoms with Gasteiger partial charge >= 0.3 is 0 Å². The van der Waals surface area contributed by atoms with Crippen LogP contribution in [0.15, 0.2) is 24.3 Å². The molecule has 3 atom stereocenters. The molecule has 3 rings (SSSR count). The Morgan fingerprint density at radius 1 is 1.36 bits per heavy atom. The summed E-state index contributed by atoms with van der Waals surface area (Å²) in [6.45, 7) is 2.01. The third kappa shape index (κ3) is 3.54. The van der Waals surface area contributed by atoms with Gasteiger partial charge in [-0.2, -0.15) is 0 Å². The number of hydrogen-bond acceptors (Lipinski definition) is 3. The minimum absolute atomic E-state index is 0.00176. The van der Waals surface area contributed by atoms with E-state index in [-0.39, 0.29) is 36.3 Å². The number of likely N-dealkylation sites (tertiary alicyclic amines) is 1. The van der Waals surface area contributed by atoms with Crippen LogP contribution in [0.1, 0.15) is 50.6 Å². The van der Waals surface area contributed by atoms with Crippen molar-refractivity contribution >= 4 is 11.8 Å². The average molecular weight is 348 g/mol. The maximum Gasteiger partial charge on any atom is 0.249 e. The van der Waals surface area contributed by atoms with E-state index in [9.17, 15) is 14.0 Å². The van der Waals surface area contributed by atoms with E-state index in [1.54, 1.807) is 12.1 Å². The van der Waals surface area contributed by atoms with Gasteiger partial charge in [0.25, 0.3) is 0 Å². The summed E-state index contributed by atoms with van der Waals surface area (Å²) in [6, 6.07) is 5.98. The first kappa shape index (κ1) is 17.9. The third-order valence-electron chi connectivity index (χ3n) is 5.39. The van der Waals surface area contributed by atoms with Crippen molar-refractivity contribution in [1.29, 1.82) is 0 Å². The van der Waals surface area contributed by atoms with E-state index >= 15 is 0 Å². The van der Waals surface area contributed by atoms with Gasteiger partial charge in [0.05, 0.1) is 17.6 Å². The fraction of sp³-hybridized carbons (Fsp3) is 0.579. The predicted octanol–water partition coefficient (Wildman–Crippen LogP) is 2.56. The van der Waals surface area contributed by atoms with Gasteiger partial charge in [-0.05, 0) is 43.9 Å². The van der Waals surface area contributed by atoms with Crippen LogP contribution in [0, 0.1) is 5.82 Å². The predicted molar refractivity (Wildman–Crippen MR) is 91.3 cm³/mol. The van der Waals surface area contributed by atoms with Crippen molar-refractivity contribution in [3.8, 4) is 0 Å². The Kier molecular flexibility index (Phi) is 5.08. The molecule has 0 aromatic heterocycles. The number of benzene rings is 1. The number of nitrogens with zero attached hydrogens (tertiary/aromatic N) is 1. The van der Waals surface area contributed by atoms with Gasteiger partial charge in [0.1, 0.15) is 12.4 Å². The van der Waals surface area contributed by atoms with E-state index in [1.807, 2.05) is 11.8 Å². The van der Waals surface area contributed by atoms with Crippen LogP contribution >= 0.6 is 0 Å². The largest absolute Gasteiger partial charge is 0.375 e. The molecule has 0 bridgehead atoms. The molecule has 0 aliphatic carbocycles. The molecule has 2 heterocycles. The summed E-state index contributed by atoms with van der Waals surface area (Å²) in [4.78, 5) is 26.8. The summed E-state index contributed by atoms with van der Waals surface area (Å²) < 4.78 is 18.4. The molecule has 2 aliphatic heterocycles. The first-order valence-corrected chi connectivity index (χ1v) is 8.81. The van der Waals surface area contributed by atoms with Gasteiger partial charge in [0.15, 0.2) is 0 Å². The van der Waals surface area contributed by atoms with E-state index in [0.29, 0.717) is 12.8 Å². The zero-order valence-electron chi connectivity index (χ0n) is 14.8. The summed E-state index contributed by atoms with van der Waals surface area (Å²) >= 11 is 0. The van der Waals surface area contributed by atoms with Crippen LogP contribution in [-0.2, 0) is 14.3 Å².